The SMILES string of the molecule is CC(C)c1cc2c(=O)c(C(=O)OCC(=O)Nc3ccc(C(P(=O)(O)O)P(=O)(O)O)cc3)cn(C3CC3)c2cc1N1CCNCC1. The molecule has 2 aliphatic rings. The molecule has 0 unspecified atom stereocenters. The maximum Gasteiger partial charge on any atom is 0.345 e. The van der Waals surface area contributed by atoms with Gasteiger partial charge in [-0.25, -0.2) is 4.79 Å². The van der Waals surface area contributed by atoms with E-state index in [0.717, 1.165) is 67.9 Å². The van der Waals surface area contributed by atoms with Gasteiger partial charge >= 0.3 is 21.2 Å². The minimum Gasteiger partial charge on any atom is -0.452 e. The van der Waals surface area contributed by atoms with Gasteiger partial charge in [-0.15, -0.1) is 0 Å². The lowest BCUT2D eigenvalue weighted by molar-refractivity contribution is -0.119. The molecule has 2 aromatic carbocycles. The van der Waals surface area contributed by atoms with E-state index in [-0.39, 0.29) is 28.8 Å². The Morgan fingerprint density at radius 2 is 1.64 bits per heavy atom. The molecule has 1 amide bonds. The summed E-state index contributed by atoms with van der Waals surface area (Å²) in [6.07, 6.45) is 3.33. The maximum atomic E-state index is 13.6. The highest BCUT2D eigenvalue weighted by atomic mass is 31.2. The fourth-order valence-corrected chi connectivity index (χ4v) is 8.26. The predicted octanol–water partition coefficient (Wildman–Crippen LogP) is 3.02. The van der Waals surface area contributed by atoms with Gasteiger partial charge in [-0.2, -0.15) is 0 Å². The van der Waals surface area contributed by atoms with E-state index in [1.165, 1.54) is 18.3 Å². The van der Waals surface area contributed by atoms with E-state index >= 15 is 0 Å². The van der Waals surface area contributed by atoms with Crippen molar-refractivity contribution in [3.63, 3.8) is 0 Å². The van der Waals surface area contributed by atoms with Gasteiger partial charge in [-0.3, -0.25) is 18.7 Å². The summed E-state index contributed by atoms with van der Waals surface area (Å²) in [4.78, 5) is 79.2. The number of anilines is 2. The number of amides is 1. The van der Waals surface area contributed by atoms with E-state index in [1.807, 2.05) is 16.7 Å². The molecule has 0 radical (unpaired) electrons. The second-order valence-electron chi connectivity index (χ2n) is 11.6. The Morgan fingerprint density at radius 1 is 1.02 bits per heavy atom. The highest BCUT2D eigenvalue weighted by Gasteiger charge is 2.44. The molecule has 1 aliphatic heterocycles. The Balaban J connectivity index is 1.35. The van der Waals surface area contributed by atoms with Gasteiger partial charge in [0.15, 0.2) is 12.0 Å². The summed E-state index contributed by atoms with van der Waals surface area (Å²) in [7, 11) is -10.4. The van der Waals surface area contributed by atoms with Crippen LogP contribution in [0.15, 0.2) is 47.4 Å². The Labute approximate surface area is 258 Å². The number of carbonyl (C=O) groups is 2. The number of nitrogens with zero attached hydrogens (tertiary/aromatic N) is 2. The molecular formula is C29H36N4O10P2. The zero-order valence-corrected chi connectivity index (χ0v) is 26.5. The first-order valence-electron chi connectivity index (χ1n) is 14.5. The standard InChI is InChI=1S/C29H36N4O10P2/c1-17(2)21-13-22-25(14-24(21)32-11-9-30-10-12-32)33(20-7-8-20)15-23(27(22)35)28(36)43-16-26(34)31-19-5-3-18(4-6-19)29(44(37,38)39)45(40,41)42/h3-6,13-15,17,20,29-30H,7-12,16H2,1-2H3,(H,31,34)(H2,37,38,39)(H2,40,41,42). The van der Waals surface area contributed by atoms with E-state index in [1.54, 1.807) is 0 Å². The number of rotatable bonds is 10. The van der Waals surface area contributed by atoms with Crippen molar-refractivity contribution in [3.05, 3.63) is 69.5 Å². The quantitative estimate of drug-likeness (QED) is 0.137. The Morgan fingerprint density at radius 3 is 2.20 bits per heavy atom. The van der Waals surface area contributed by atoms with Crippen LogP contribution in [0, 0.1) is 0 Å². The van der Waals surface area contributed by atoms with Gasteiger partial charge in [0.2, 0.25) is 5.43 Å². The molecule has 0 spiro atoms. The number of pyridine rings is 1. The van der Waals surface area contributed by atoms with Crippen molar-refractivity contribution in [2.24, 2.45) is 0 Å². The smallest absolute Gasteiger partial charge is 0.345 e. The van der Waals surface area contributed by atoms with E-state index in [2.05, 4.69) is 29.4 Å². The monoisotopic (exact) mass is 662 g/mol. The predicted molar refractivity (Wildman–Crippen MR) is 168 cm³/mol. The number of fused-ring (bicyclic) bond motifs is 1. The van der Waals surface area contributed by atoms with Crippen LogP contribution in [-0.2, 0) is 18.7 Å². The van der Waals surface area contributed by atoms with Gasteiger partial charge in [-0.1, -0.05) is 26.0 Å². The van der Waals surface area contributed by atoms with Crippen molar-refractivity contribution in [2.45, 2.75) is 44.0 Å². The van der Waals surface area contributed by atoms with Crippen molar-refractivity contribution in [2.75, 3.05) is 43.0 Å². The molecule has 3 aromatic rings. The van der Waals surface area contributed by atoms with Crippen LogP contribution in [0.4, 0.5) is 11.4 Å². The van der Waals surface area contributed by atoms with Crippen LogP contribution < -0.4 is 21.0 Å². The number of ether oxygens (including phenoxy) is 1. The Hall–Kier alpha value is -3.35. The molecule has 0 bridgehead atoms. The van der Waals surface area contributed by atoms with E-state index < -0.39 is 44.5 Å². The summed E-state index contributed by atoms with van der Waals surface area (Å²) >= 11 is 0. The number of carbonyl (C=O) groups excluding carboxylic acids is 2. The molecule has 16 heteroatoms. The number of nitrogens with one attached hydrogen (secondary N) is 2. The van der Waals surface area contributed by atoms with Gasteiger partial charge in [0.1, 0.15) is 5.56 Å². The number of esters is 1. The van der Waals surface area contributed by atoms with E-state index in [4.69, 9.17) is 4.74 Å². The lowest BCUT2D eigenvalue weighted by atomic mass is 9.96. The van der Waals surface area contributed by atoms with Crippen molar-refractivity contribution in [1.29, 1.82) is 0 Å². The van der Waals surface area contributed by atoms with E-state index in [0.29, 0.717) is 5.39 Å². The van der Waals surface area contributed by atoms with Gasteiger partial charge in [0.05, 0.1) is 5.52 Å². The highest BCUT2D eigenvalue weighted by molar-refractivity contribution is 7.70. The third kappa shape index (κ3) is 7.39. The van der Waals surface area contributed by atoms with Gasteiger partial charge in [0, 0.05) is 55.2 Å². The van der Waals surface area contributed by atoms with Crippen LogP contribution in [0.25, 0.3) is 10.9 Å². The summed E-state index contributed by atoms with van der Waals surface area (Å²) < 4.78 is 30.5. The number of hydrogen-bond donors (Lipinski definition) is 6. The molecule has 14 nitrogen and oxygen atoms in total. The summed E-state index contributed by atoms with van der Waals surface area (Å²) in [6.45, 7) is 6.81. The van der Waals surface area contributed by atoms with Crippen LogP contribution in [-0.4, -0.2) is 68.8 Å². The average molecular weight is 663 g/mol. The molecule has 1 saturated heterocycles. The number of hydrogen-bond acceptors (Lipinski definition) is 8. The molecule has 1 aromatic heterocycles. The van der Waals surface area contributed by atoms with Crippen LogP contribution in [0.1, 0.15) is 65.5 Å². The second-order valence-corrected chi connectivity index (χ2v) is 15.4. The summed E-state index contributed by atoms with van der Waals surface area (Å²) in [5.41, 5.74) is 1.97. The molecule has 242 valence electrons. The third-order valence-corrected chi connectivity index (χ3v) is 11.6. The van der Waals surface area contributed by atoms with Crippen molar-refractivity contribution >= 4 is 49.3 Å². The fourth-order valence-electron chi connectivity index (χ4n) is 5.57. The molecule has 5 rings (SSSR count). The molecule has 0 atom stereocenters. The fraction of sp³-hybridized carbons (Fsp3) is 0.414. The van der Waals surface area contributed by atoms with Gasteiger partial charge < -0.3 is 44.4 Å². The normalized spacial score (nSPS) is 16.0. The van der Waals surface area contributed by atoms with Crippen LogP contribution in [0.5, 0.6) is 0 Å². The molecule has 2 heterocycles. The topological polar surface area (TPSA) is 208 Å². The highest BCUT2D eigenvalue weighted by Crippen LogP contribution is 2.69. The minimum absolute atomic E-state index is 0.123. The molecule has 45 heavy (non-hydrogen) atoms. The van der Waals surface area contributed by atoms with Crippen LogP contribution in [0.2, 0.25) is 0 Å². The number of piperazine rings is 1. The first-order chi connectivity index (χ1) is 21.1. The average Bonchev–Trinajstić information content (AvgIpc) is 3.81. The summed E-state index contributed by atoms with van der Waals surface area (Å²) in [5, 5.41) is 3.86. The Kier molecular flexibility index (Phi) is 9.40. The number of aromatic nitrogens is 1. The first kappa shape index (κ1) is 33.0. The van der Waals surface area contributed by atoms with Crippen molar-refractivity contribution < 1.29 is 43.0 Å². The third-order valence-electron chi connectivity index (χ3n) is 7.88. The zero-order chi connectivity index (χ0) is 32.7. The zero-order valence-electron chi connectivity index (χ0n) is 24.8. The molecular weight excluding hydrogens is 626 g/mol. The summed E-state index contributed by atoms with van der Waals surface area (Å²) in [5.74, 6) is -1.59. The largest absolute Gasteiger partial charge is 0.452 e. The van der Waals surface area contributed by atoms with Crippen molar-refractivity contribution in [1.82, 2.24) is 9.88 Å². The molecule has 1 saturated carbocycles. The van der Waals surface area contributed by atoms with Crippen LogP contribution >= 0.6 is 15.2 Å². The van der Waals surface area contributed by atoms with Crippen LogP contribution in [0.3, 0.4) is 0 Å². The van der Waals surface area contributed by atoms with E-state index in [9.17, 15) is 43.1 Å². The molecule has 6 N–H and O–H groups in total. The Bertz CT molecular complexity index is 1750. The maximum absolute atomic E-state index is 13.6. The lowest BCUT2D eigenvalue weighted by Crippen LogP contribution is -2.44. The first-order valence-corrected chi connectivity index (χ1v) is 17.9. The van der Waals surface area contributed by atoms with Gasteiger partial charge in [-0.05, 0) is 54.2 Å². The summed E-state index contributed by atoms with van der Waals surface area (Å²) in [6, 6.07) is 8.60. The molecule has 1 aliphatic carbocycles. The second kappa shape index (κ2) is 12.8. The van der Waals surface area contributed by atoms with Gasteiger partial charge in [0.25, 0.3) is 5.91 Å². The van der Waals surface area contributed by atoms with Crippen molar-refractivity contribution in [3.8, 4) is 0 Å². The lowest BCUT2D eigenvalue weighted by Gasteiger charge is -2.32. The molecule has 2 fully saturated rings. The number of benzene rings is 2. The minimum atomic E-state index is -5.20.